The number of esters is 1. The summed E-state index contributed by atoms with van der Waals surface area (Å²) < 4.78 is 16.3. The summed E-state index contributed by atoms with van der Waals surface area (Å²) in [6.45, 7) is 2.30. The lowest BCUT2D eigenvalue weighted by molar-refractivity contribution is 0.0434. The van der Waals surface area contributed by atoms with Gasteiger partial charge < -0.3 is 19.5 Å². The number of para-hydroxylation sites is 1. The lowest BCUT2D eigenvalue weighted by atomic mass is 10.1. The summed E-state index contributed by atoms with van der Waals surface area (Å²) in [6.07, 6.45) is -0.532. The van der Waals surface area contributed by atoms with E-state index in [2.05, 4.69) is 5.32 Å². The Kier molecular flexibility index (Phi) is 3.87. The molecule has 0 aromatic heterocycles. The predicted molar refractivity (Wildman–Crippen MR) is 82.4 cm³/mol. The molecule has 5 heteroatoms. The minimum Gasteiger partial charge on any atom is -0.493 e. The molecule has 0 amide bonds. The van der Waals surface area contributed by atoms with Gasteiger partial charge in [0, 0.05) is 11.3 Å². The monoisotopic (exact) mass is 299 g/mol. The second-order valence-corrected chi connectivity index (χ2v) is 4.79. The molecular formula is C17H17NO4. The van der Waals surface area contributed by atoms with Crippen LogP contribution in [0.4, 0.5) is 5.69 Å². The largest absolute Gasteiger partial charge is 0.493 e. The van der Waals surface area contributed by atoms with Crippen molar-refractivity contribution in [1.29, 1.82) is 0 Å². The third kappa shape index (κ3) is 2.45. The van der Waals surface area contributed by atoms with E-state index in [0.29, 0.717) is 23.7 Å². The maximum Gasteiger partial charge on any atom is 0.344 e. The zero-order chi connectivity index (χ0) is 15.5. The molecule has 1 aliphatic heterocycles. The summed E-state index contributed by atoms with van der Waals surface area (Å²) in [7, 11) is 1.55. The summed E-state index contributed by atoms with van der Waals surface area (Å²) in [5.74, 6) is 0.550. The summed E-state index contributed by atoms with van der Waals surface area (Å²) in [5.41, 5.74) is 2.05. The number of rotatable bonds is 5. The van der Waals surface area contributed by atoms with Gasteiger partial charge >= 0.3 is 5.97 Å². The summed E-state index contributed by atoms with van der Waals surface area (Å²) in [6, 6.07) is 13.2. The molecule has 0 radical (unpaired) electrons. The van der Waals surface area contributed by atoms with Gasteiger partial charge in [0.15, 0.2) is 11.5 Å². The number of hydrogen-bond donors (Lipinski definition) is 1. The Bertz CT molecular complexity index is 685. The molecule has 1 N–H and O–H groups in total. The molecule has 0 saturated carbocycles. The van der Waals surface area contributed by atoms with Crippen molar-refractivity contribution in [3.63, 3.8) is 0 Å². The van der Waals surface area contributed by atoms with Crippen LogP contribution in [0.15, 0.2) is 42.5 Å². The number of carbonyl (C=O) groups excluding carboxylic acids is 1. The van der Waals surface area contributed by atoms with Gasteiger partial charge in [-0.25, -0.2) is 4.79 Å². The molecule has 114 valence electrons. The highest BCUT2D eigenvalue weighted by Gasteiger charge is 2.35. The van der Waals surface area contributed by atoms with Crippen LogP contribution in [-0.4, -0.2) is 19.7 Å². The highest BCUT2D eigenvalue weighted by molar-refractivity contribution is 5.98. The second kappa shape index (κ2) is 5.97. The number of nitrogens with one attached hydrogen (secondary N) is 1. The van der Waals surface area contributed by atoms with Crippen molar-refractivity contribution in [2.24, 2.45) is 0 Å². The van der Waals surface area contributed by atoms with Crippen LogP contribution < -0.4 is 14.8 Å². The van der Waals surface area contributed by atoms with Crippen molar-refractivity contribution in [3.05, 3.63) is 53.6 Å². The molecule has 0 spiro atoms. The number of hydrogen-bond acceptors (Lipinski definition) is 5. The standard InChI is InChI=1S/C17H17NO4/c1-3-21-15-13(20-2)10-9-12-14(15)17(19)22-16(12)18-11-7-5-4-6-8-11/h4-10,16,18H,3H2,1-2H3. The third-order valence-corrected chi connectivity index (χ3v) is 3.45. The fourth-order valence-corrected chi connectivity index (χ4v) is 2.48. The molecule has 1 unspecified atom stereocenters. The summed E-state index contributed by atoms with van der Waals surface area (Å²) in [5, 5.41) is 3.19. The quantitative estimate of drug-likeness (QED) is 0.858. The van der Waals surface area contributed by atoms with Crippen molar-refractivity contribution in [2.45, 2.75) is 13.2 Å². The smallest absolute Gasteiger partial charge is 0.344 e. The topological polar surface area (TPSA) is 56.8 Å². The molecule has 1 atom stereocenters. The average molecular weight is 299 g/mol. The predicted octanol–water partition coefficient (Wildman–Crippen LogP) is 3.38. The van der Waals surface area contributed by atoms with Gasteiger partial charge in [-0.3, -0.25) is 0 Å². The molecule has 2 aromatic carbocycles. The van der Waals surface area contributed by atoms with Crippen molar-refractivity contribution >= 4 is 11.7 Å². The van der Waals surface area contributed by atoms with Crippen LogP contribution >= 0.6 is 0 Å². The lowest BCUT2D eigenvalue weighted by Crippen LogP contribution is -2.09. The van der Waals surface area contributed by atoms with Crippen molar-refractivity contribution < 1.29 is 19.0 Å². The molecule has 22 heavy (non-hydrogen) atoms. The van der Waals surface area contributed by atoms with Gasteiger partial charge in [-0.15, -0.1) is 0 Å². The first kappa shape index (κ1) is 14.3. The Morgan fingerprint density at radius 1 is 1.18 bits per heavy atom. The van der Waals surface area contributed by atoms with E-state index in [0.717, 1.165) is 11.3 Å². The van der Waals surface area contributed by atoms with E-state index in [9.17, 15) is 4.79 Å². The molecule has 0 saturated heterocycles. The normalized spacial score (nSPS) is 15.9. The molecule has 0 fully saturated rings. The van der Waals surface area contributed by atoms with E-state index in [1.54, 1.807) is 13.2 Å². The van der Waals surface area contributed by atoms with Gasteiger partial charge in [0.05, 0.1) is 13.7 Å². The SMILES string of the molecule is CCOc1c(OC)ccc2c1C(=O)OC2Nc1ccccc1. The summed E-state index contributed by atoms with van der Waals surface area (Å²) >= 11 is 0. The Balaban J connectivity index is 1.98. The molecule has 5 nitrogen and oxygen atoms in total. The zero-order valence-electron chi connectivity index (χ0n) is 12.5. The average Bonchev–Trinajstić information content (AvgIpc) is 2.85. The molecule has 1 heterocycles. The minimum absolute atomic E-state index is 0.411. The number of cyclic esters (lactones) is 1. The fourth-order valence-electron chi connectivity index (χ4n) is 2.48. The zero-order valence-corrected chi connectivity index (χ0v) is 12.5. The van der Waals surface area contributed by atoms with Crippen molar-refractivity contribution in [3.8, 4) is 11.5 Å². The van der Waals surface area contributed by atoms with Gasteiger partial charge in [-0.2, -0.15) is 0 Å². The molecular weight excluding hydrogens is 282 g/mol. The first-order chi connectivity index (χ1) is 10.7. The number of carbonyl (C=O) groups is 1. The van der Waals surface area contributed by atoms with E-state index in [1.807, 2.05) is 43.3 Å². The molecule has 3 rings (SSSR count). The van der Waals surface area contributed by atoms with Crippen LogP contribution in [0.2, 0.25) is 0 Å². The number of ether oxygens (including phenoxy) is 3. The van der Waals surface area contributed by atoms with Crippen LogP contribution in [0.3, 0.4) is 0 Å². The van der Waals surface area contributed by atoms with Crippen molar-refractivity contribution in [1.82, 2.24) is 0 Å². The Morgan fingerprint density at radius 3 is 2.64 bits per heavy atom. The number of fused-ring (bicyclic) bond motifs is 1. The van der Waals surface area contributed by atoms with Gasteiger partial charge in [-0.05, 0) is 31.2 Å². The third-order valence-electron chi connectivity index (χ3n) is 3.45. The van der Waals surface area contributed by atoms with Crippen LogP contribution in [0.1, 0.15) is 29.1 Å². The van der Waals surface area contributed by atoms with E-state index in [4.69, 9.17) is 14.2 Å². The summed E-state index contributed by atoms with van der Waals surface area (Å²) in [4.78, 5) is 12.2. The molecule has 1 aliphatic rings. The van der Waals surface area contributed by atoms with Gasteiger partial charge in [0.25, 0.3) is 0 Å². The number of methoxy groups -OCH3 is 1. The lowest BCUT2D eigenvalue weighted by Gasteiger charge is -2.15. The maximum absolute atomic E-state index is 12.2. The highest BCUT2D eigenvalue weighted by Crippen LogP contribution is 2.42. The van der Waals surface area contributed by atoms with E-state index in [-0.39, 0.29) is 0 Å². The first-order valence-electron chi connectivity index (χ1n) is 7.10. The highest BCUT2D eigenvalue weighted by atomic mass is 16.6. The molecule has 0 aliphatic carbocycles. The number of anilines is 1. The fraction of sp³-hybridized carbons (Fsp3) is 0.235. The van der Waals surface area contributed by atoms with Crippen LogP contribution in [0.5, 0.6) is 11.5 Å². The molecule has 2 aromatic rings. The molecule has 0 bridgehead atoms. The van der Waals surface area contributed by atoms with Gasteiger partial charge in [0.1, 0.15) is 5.56 Å². The first-order valence-corrected chi connectivity index (χ1v) is 7.10. The van der Waals surface area contributed by atoms with Gasteiger partial charge in [-0.1, -0.05) is 18.2 Å². The maximum atomic E-state index is 12.2. The van der Waals surface area contributed by atoms with E-state index >= 15 is 0 Å². The van der Waals surface area contributed by atoms with Gasteiger partial charge in [0.2, 0.25) is 6.23 Å². The van der Waals surface area contributed by atoms with Crippen molar-refractivity contribution in [2.75, 3.05) is 19.0 Å². The van der Waals surface area contributed by atoms with E-state index in [1.165, 1.54) is 0 Å². The van der Waals surface area contributed by atoms with Crippen LogP contribution in [0, 0.1) is 0 Å². The minimum atomic E-state index is -0.532. The Hall–Kier alpha value is -2.69. The van der Waals surface area contributed by atoms with Crippen LogP contribution in [0.25, 0.3) is 0 Å². The Morgan fingerprint density at radius 2 is 1.95 bits per heavy atom. The van der Waals surface area contributed by atoms with E-state index < -0.39 is 12.2 Å². The Labute approximate surface area is 128 Å². The van der Waals surface area contributed by atoms with Crippen LogP contribution in [-0.2, 0) is 4.74 Å². The number of benzene rings is 2. The second-order valence-electron chi connectivity index (χ2n) is 4.79.